The zero-order chi connectivity index (χ0) is 25.2. The van der Waals surface area contributed by atoms with E-state index in [1.165, 1.54) is 34.9 Å². The van der Waals surface area contributed by atoms with Gasteiger partial charge in [0.1, 0.15) is 12.4 Å². The minimum absolute atomic E-state index is 0.01000. The number of nitrogens with zero attached hydrogens (tertiary/aromatic N) is 3. The lowest BCUT2D eigenvalue weighted by Crippen LogP contribution is -2.42. The number of fused-ring (bicyclic) bond motifs is 1. The van der Waals surface area contributed by atoms with Crippen LogP contribution in [0.3, 0.4) is 0 Å². The molecule has 0 aliphatic carbocycles. The van der Waals surface area contributed by atoms with Crippen molar-refractivity contribution in [1.29, 1.82) is 0 Å². The van der Waals surface area contributed by atoms with Gasteiger partial charge in [-0.25, -0.2) is 12.8 Å². The Bertz CT molecular complexity index is 1430. The topological polar surface area (TPSA) is 98.0 Å². The fourth-order valence-electron chi connectivity index (χ4n) is 4.07. The van der Waals surface area contributed by atoms with Crippen LogP contribution >= 0.6 is 11.3 Å². The molecule has 1 fully saturated rings. The molecular weight excluding hydrogens is 493 g/mol. The van der Waals surface area contributed by atoms with Crippen molar-refractivity contribution in [2.45, 2.75) is 37.6 Å². The third kappa shape index (κ3) is 5.36. The number of carbonyl (C=O) groups is 2. The highest BCUT2D eigenvalue weighted by atomic mass is 32.2. The number of aryl methyl sites for hydroxylation is 1. The molecule has 4 rings (SSSR count). The van der Waals surface area contributed by atoms with E-state index in [0.717, 1.165) is 34.3 Å². The Kier molecular flexibility index (Phi) is 7.48. The maximum Gasteiger partial charge on any atom is 0.325 e. The maximum absolute atomic E-state index is 13.3. The number of carbonyl (C=O) groups excluding carboxylic acids is 2. The Morgan fingerprint density at radius 1 is 1.20 bits per heavy atom. The first-order valence-electron chi connectivity index (χ1n) is 11.3. The van der Waals surface area contributed by atoms with Gasteiger partial charge < -0.3 is 9.30 Å². The van der Waals surface area contributed by atoms with Crippen LogP contribution in [0.25, 0.3) is 10.2 Å². The molecule has 186 valence electrons. The number of sulfonamides is 1. The van der Waals surface area contributed by atoms with Gasteiger partial charge in [0.15, 0.2) is 4.80 Å². The molecule has 8 nitrogen and oxygen atoms in total. The van der Waals surface area contributed by atoms with E-state index in [0.29, 0.717) is 17.6 Å². The van der Waals surface area contributed by atoms with E-state index in [-0.39, 0.29) is 24.5 Å². The van der Waals surface area contributed by atoms with E-state index in [1.54, 1.807) is 4.57 Å². The molecule has 35 heavy (non-hydrogen) atoms. The molecule has 0 N–H and O–H groups in total. The Morgan fingerprint density at radius 2 is 1.94 bits per heavy atom. The first kappa shape index (κ1) is 25.2. The van der Waals surface area contributed by atoms with Gasteiger partial charge in [-0.05, 0) is 61.2 Å². The minimum Gasteiger partial charge on any atom is -0.468 e. The molecule has 0 saturated carbocycles. The van der Waals surface area contributed by atoms with Crippen LogP contribution in [-0.2, 0) is 37.3 Å². The van der Waals surface area contributed by atoms with E-state index < -0.39 is 33.6 Å². The molecule has 1 aliphatic heterocycles. The van der Waals surface area contributed by atoms with Crippen LogP contribution in [-0.4, -0.2) is 49.4 Å². The average Bonchev–Trinajstić information content (AvgIpc) is 3.19. The monoisotopic (exact) mass is 519 g/mol. The quantitative estimate of drug-likeness (QED) is 0.466. The number of halogens is 1. The van der Waals surface area contributed by atoms with Crippen LogP contribution in [0.5, 0.6) is 0 Å². The summed E-state index contributed by atoms with van der Waals surface area (Å²) in [5.41, 5.74) is 1.89. The molecule has 1 aliphatic rings. The van der Waals surface area contributed by atoms with Crippen molar-refractivity contribution in [1.82, 2.24) is 8.87 Å². The molecule has 1 amide bonds. The van der Waals surface area contributed by atoms with E-state index in [2.05, 4.69) is 4.99 Å². The highest BCUT2D eigenvalue weighted by molar-refractivity contribution is 7.89. The smallest absolute Gasteiger partial charge is 0.325 e. The van der Waals surface area contributed by atoms with Gasteiger partial charge in [-0.2, -0.15) is 9.30 Å². The molecule has 1 unspecified atom stereocenters. The molecule has 3 aromatic rings. The van der Waals surface area contributed by atoms with Crippen LogP contribution in [0.1, 0.15) is 25.3 Å². The van der Waals surface area contributed by atoms with Gasteiger partial charge in [0, 0.05) is 13.1 Å². The predicted molar refractivity (Wildman–Crippen MR) is 130 cm³/mol. The SMILES string of the molecule is CCc1ccc2c(c1)sc(=NC(=O)C1CCCN(S(=O)(=O)c3ccc(F)cc3)C1)n2CC(=O)OC. The van der Waals surface area contributed by atoms with Gasteiger partial charge in [0.25, 0.3) is 5.91 Å². The fourth-order valence-corrected chi connectivity index (χ4v) is 6.70. The van der Waals surface area contributed by atoms with Gasteiger partial charge in [-0.3, -0.25) is 9.59 Å². The first-order chi connectivity index (χ1) is 16.7. The number of hydrogen-bond donors (Lipinski definition) is 0. The molecule has 0 radical (unpaired) electrons. The van der Waals surface area contributed by atoms with Gasteiger partial charge in [-0.15, -0.1) is 0 Å². The molecule has 2 aromatic carbocycles. The van der Waals surface area contributed by atoms with E-state index >= 15 is 0 Å². The second-order valence-electron chi connectivity index (χ2n) is 8.31. The fraction of sp³-hybridized carbons (Fsp3) is 0.375. The van der Waals surface area contributed by atoms with Crippen LogP contribution in [0, 0.1) is 11.7 Å². The number of piperidine rings is 1. The highest BCUT2D eigenvalue weighted by Gasteiger charge is 2.33. The summed E-state index contributed by atoms with van der Waals surface area (Å²) >= 11 is 1.30. The summed E-state index contributed by atoms with van der Waals surface area (Å²) in [5.74, 6) is -2.05. The summed E-state index contributed by atoms with van der Waals surface area (Å²) in [6.45, 7) is 2.21. The average molecular weight is 520 g/mol. The second kappa shape index (κ2) is 10.4. The number of amides is 1. The lowest BCUT2D eigenvalue weighted by atomic mass is 9.99. The number of esters is 1. The highest BCUT2D eigenvalue weighted by Crippen LogP contribution is 2.25. The van der Waals surface area contributed by atoms with Gasteiger partial charge >= 0.3 is 5.97 Å². The summed E-state index contributed by atoms with van der Waals surface area (Å²) in [6.07, 6.45) is 1.84. The van der Waals surface area contributed by atoms with Gasteiger partial charge in [-0.1, -0.05) is 24.3 Å². The molecule has 2 heterocycles. The van der Waals surface area contributed by atoms with E-state index in [9.17, 15) is 22.4 Å². The summed E-state index contributed by atoms with van der Waals surface area (Å²) in [4.78, 5) is 29.9. The summed E-state index contributed by atoms with van der Waals surface area (Å²) in [5, 5.41) is 0. The zero-order valence-corrected chi connectivity index (χ0v) is 21.1. The van der Waals surface area contributed by atoms with E-state index in [1.807, 2.05) is 25.1 Å². The van der Waals surface area contributed by atoms with Crippen LogP contribution in [0.2, 0.25) is 0 Å². The Hall–Kier alpha value is -2.89. The standard InChI is InChI=1S/C24H26FN3O5S2/c1-3-16-6-11-20-21(13-16)34-24(28(20)15-22(29)33-2)26-23(30)17-5-4-12-27(14-17)35(31,32)19-9-7-18(25)8-10-19/h6-11,13,17H,3-5,12,14-15H2,1-2H3. The Labute approximate surface area is 206 Å². The second-order valence-corrected chi connectivity index (χ2v) is 11.3. The molecule has 0 spiro atoms. The molecule has 1 saturated heterocycles. The van der Waals surface area contributed by atoms with Crippen molar-refractivity contribution in [3.05, 3.63) is 58.6 Å². The van der Waals surface area contributed by atoms with Crippen molar-refractivity contribution in [2.75, 3.05) is 20.2 Å². The molecule has 0 bridgehead atoms. The summed E-state index contributed by atoms with van der Waals surface area (Å²) in [7, 11) is -2.57. The Balaban J connectivity index is 1.65. The Morgan fingerprint density at radius 3 is 2.63 bits per heavy atom. The van der Waals surface area contributed by atoms with Crippen molar-refractivity contribution >= 4 is 43.5 Å². The van der Waals surface area contributed by atoms with Crippen LogP contribution < -0.4 is 4.80 Å². The molecule has 11 heteroatoms. The summed E-state index contributed by atoms with van der Waals surface area (Å²) in [6, 6.07) is 10.5. The van der Waals surface area contributed by atoms with Crippen molar-refractivity contribution in [3.63, 3.8) is 0 Å². The van der Waals surface area contributed by atoms with Crippen LogP contribution in [0.15, 0.2) is 52.4 Å². The minimum atomic E-state index is -3.86. The third-order valence-corrected chi connectivity index (χ3v) is 8.98. The first-order valence-corrected chi connectivity index (χ1v) is 13.5. The lowest BCUT2D eigenvalue weighted by Gasteiger charge is -2.30. The summed E-state index contributed by atoms with van der Waals surface area (Å²) < 4.78 is 47.9. The number of rotatable bonds is 6. The maximum atomic E-state index is 13.3. The number of benzene rings is 2. The molecule has 1 atom stereocenters. The normalized spacial score (nSPS) is 17.6. The van der Waals surface area contributed by atoms with Gasteiger partial charge in [0.2, 0.25) is 10.0 Å². The third-order valence-electron chi connectivity index (χ3n) is 6.06. The van der Waals surface area contributed by atoms with Crippen molar-refractivity contribution < 1.29 is 27.1 Å². The molecular formula is C24H26FN3O5S2. The number of aromatic nitrogens is 1. The number of ether oxygens (including phenoxy) is 1. The predicted octanol–water partition coefficient (Wildman–Crippen LogP) is 3.11. The van der Waals surface area contributed by atoms with Crippen LogP contribution in [0.4, 0.5) is 4.39 Å². The van der Waals surface area contributed by atoms with Crippen molar-refractivity contribution in [3.8, 4) is 0 Å². The largest absolute Gasteiger partial charge is 0.468 e. The zero-order valence-electron chi connectivity index (χ0n) is 19.4. The van der Waals surface area contributed by atoms with Crippen molar-refractivity contribution in [2.24, 2.45) is 10.9 Å². The van der Waals surface area contributed by atoms with E-state index in [4.69, 9.17) is 4.74 Å². The van der Waals surface area contributed by atoms with Gasteiger partial charge in [0.05, 0.1) is 28.1 Å². The number of hydrogen-bond acceptors (Lipinski definition) is 6. The lowest BCUT2D eigenvalue weighted by molar-refractivity contribution is -0.141. The number of thiazole rings is 1. The number of methoxy groups -OCH3 is 1. The molecule has 1 aromatic heterocycles.